The van der Waals surface area contributed by atoms with Crippen molar-refractivity contribution < 1.29 is 23.9 Å². The van der Waals surface area contributed by atoms with Crippen LogP contribution in [0.5, 0.6) is 0 Å². The van der Waals surface area contributed by atoms with Gasteiger partial charge in [-0.2, -0.15) is 5.26 Å². The number of anilines is 3. The number of pyridine rings is 2. The Bertz CT molecular complexity index is 1220. The molecule has 38 heavy (non-hydrogen) atoms. The Morgan fingerprint density at radius 1 is 1.34 bits per heavy atom. The van der Waals surface area contributed by atoms with Crippen LogP contribution in [0.15, 0.2) is 18.3 Å². The van der Waals surface area contributed by atoms with Gasteiger partial charge in [-0.05, 0) is 37.3 Å². The molecule has 1 saturated heterocycles. The van der Waals surface area contributed by atoms with Crippen LogP contribution in [-0.4, -0.2) is 67.7 Å². The predicted molar refractivity (Wildman–Crippen MR) is 139 cm³/mol. The van der Waals surface area contributed by atoms with Crippen molar-refractivity contribution >= 4 is 35.5 Å². The van der Waals surface area contributed by atoms with Crippen LogP contribution in [0.2, 0.25) is 0 Å². The van der Waals surface area contributed by atoms with Crippen molar-refractivity contribution in [3.8, 4) is 6.07 Å². The van der Waals surface area contributed by atoms with Gasteiger partial charge in [-0.25, -0.2) is 14.8 Å². The molecular weight excluding hydrogens is 490 g/mol. The standard InChI is InChI=1S/C26H31N7O5/c1-37-9-6-28-21-12-23(29-15-19(21)13-27)32-26(36)33-7-2-4-17-10-18(22(16-34)31-25(17)33)14-30-24(35)11-20-5-3-8-38-20/h10,12,15-16,20H,2-9,11,14H2,1H3,(H,30,35)(H2,28,29,32,36)/t20-/m1/s1. The van der Waals surface area contributed by atoms with E-state index in [1.165, 1.54) is 11.1 Å². The molecule has 2 aliphatic heterocycles. The number of aromatic nitrogens is 2. The molecule has 0 aromatic carbocycles. The number of methoxy groups -OCH3 is 1. The van der Waals surface area contributed by atoms with E-state index in [2.05, 4.69) is 32.0 Å². The third kappa shape index (κ3) is 6.62. The van der Waals surface area contributed by atoms with Crippen molar-refractivity contribution in [2.24, 2.45) is 0 Å². The van der Waals surface area contributed by atoms with Crippen molar-refractivity contribution in [3.63, 3.8) is 0 Å². The number of carbonyl (C=O) groups is 3. The molecule has 0 unspecified atom stereocenters. The molecule has 0 aliphatic carbocycles. The summed E-state index contributed by atoms with van der Waals surface area (Å²) in [6, 6.07) is 5.03. The van der Waals surface area contributed by atoms with Gasteiger partial charge >= 0.3 is 6.03 Å². The minimum absolute atomic E-state index is 0.0583. The fourth-order valence-corrected chi connectivity index (χ4v) is 4.50. The lowest BCUT2D eigenvalue weighted by Gasteiger charge is -2.29. The number of aryl methyl sites for hydroxylation is 1. The molecule has 0 radical (unpaired) electrons. The number of hydrogen-bond acceptors (Lipinski definition) is 9. The maximum absolute atomic E-state index is 13.2. The highest BCUT2D eigenvalue weighted by Gasteiger charge is 2.27. The number of aldehydes is 1. The van der Waals surface area contributed by atoms with Gasteiger partial charge in [-0.1, -0.05) is 0 Å². The van der Waals surface area contributed by atoms with E-state index in [-0.39, 0.29) is 36.5 Å². The normalized spacial score (nSPS) is 16.3. The van der Waals surface area contributed by atoms with Crippen LogP contribution in [0.3, 0.4) is 0 Å². The lowest BCUT2D eigenvalue weighted by atomic mass is 10.0. The van der Waals surface area contributed by atoms with Crippen LogP contribution in [0.25, 0.3) is 0 Å². The van der Waals surface area contributed by atoms with Gasteiger partial charge in [0.25, 0.3) is 0 Å². The molecular formula is C26H31N7O5. The van der Waals surface area contributed by atoms with Gasteiger partial charge in [-0.15, -0.1) is 0 Å². The fraction of sp³-hybridized carbons (Fsp3) is 0.462. The molecule has 0 spiro atoms. The molecule has 2 aromatic heterocycles. The number of ether oxygens (including phenoxy) is 2. The average Bonchev–Trinajstić information content (AvgIpc) is 3.44. The van der Waals surface area contributed by atoms with Gasteiger partial charge in [0.1, 0.15) is 23.4 Å². The van der Waals surface area contributed by atoms with E-state index in [0.717, 1.165) is 18.4 Å². The summed E-state index contributed by atoms with van der Waals surface area (Å²) in [6.45, 7) is 2.19. The second-order valence-electron chi connectivity index (χ2n) is 9.08. The van der Waals surface area contributed by atoms with Crippen molar-refractivity contribution in [2.45, 2.75) is 44.8 Å². The summed E-state index contributed by atoms with van der Waals surface area (Å²) in [7, 11) is 1.58. The number of hydrogen-bond donors (Lipinski definition) is 3. The number of amides is 3. The van der Waals surface area contributed by atoms with E-state index in [4.69, 9.17) is 9.47 Å². The maximum atomic E-state index is 13.2. The Morgan fingerprint density at radius 3 is 2.95 bits per heavy atom. The number of nitrogens with one attached hydrogen (secondary N) is 3. The zero-order valence-corrected chi connectivity index (χ0v) is 21.3. The molecule has 1 atom stereocenters. The highest BCUT2D eigenvalue weighted by Crippen LogP contribution is 2.28. The van der Waals surface area contributed by atoms with E-state index in [1.54, 1.807) is 13.2 Å². The Hall–Kier alpha value is -4.08. The van der Waals surface area contributed by atoms with Crippen LogP contribution < -0.4 is 20.9 Å². The van der Waals surface area contributed by atoms with Gasteiger partial charge in [0.2, 0.25) is 5.91 Å². The zero-order chi connectivity index (χ0) is 26.9. The number of carbonyl (C=O) groups excluding carboxylic acids is 3. The topological polar surface area (TPSA) is 159 Å². The Balaban J connectivity index is 1.46. The van der Waals surface area contributed by atoms with Gasteiger partial charge in [0, 0.05) is 51.2 Å². The Morgan fingerprint density at radius 2 is 2.21 bits per heavy atom. The third-order valence-corrected chi connectivity index (χ3v) is 6.43. The van der Waals surface area contributed by atoms with Crippen LogP contribution in [0, 0.1) is 11.3 Å². The Labute approximate surface area is 220 Å². The van der Waals surface area contributed by atoms with Crippen molar-refractivity contribution in [1.82, 2.24) is 15.3 Å². The maximum Gasteiger partial charge on any atom is 0.328 e. The van der Waals surface area contributed by atoms with E-state index >= 15 is 0 Å². The van der Waals surface area contributed by atoms with Crippen molar-refractivity contribution in [1.29, 1.82) is 5.26 Å². The quantitative estimate of drug-likeness (QED) is 0.315. The highest BCUT2D eigenvalue weighted by atomic mass is 16.5. The molecule has 2 aliphatic rings. The molecule has 12 nitrogen and oxygen atoms in total. The minimum Gasteiger partial charge on any atom is -0.383 e. The first-order chi connectivity index (χ1) is 18.5. The summed E-state index contributed by atoms with van der Waals surface area (Å²) in [6.07, 6.45) is 5.47. The van der Waals surface area contributed by atoms with E-state index < -0.39 is 6.03 Å². The molecule has 4 rings (SSSR count). The van der Waals surface area contributed by atoms with Crippen LogP contribution in [0.1, 0.15) is 52.9 Å². The minimum atomic E-state index is -0.451. The smallest absolute Gasteiger partial charge is 0.328 e. The molecule has 1 fully saturated rings. The number of fused-ring (bicyclic) bond motifs is 1. The predicted octanol–water partition coefficient (Wildman–Crippen LogP) is 2.39. The number of nitrogens with zero attached hydrogens (tertiary/aromatic N) is 4. The lowest BCUT2D eigenvalue weighted by molar-refractivity contribution is -0.123. The van der Waals surface area contributed by atoms with Gasteiger partial charge in [-0.3, -0.25) is 19.8 Å². The zero-order valence-electron chi connectivity index (χ0n) is 21.3. The van der Waals surface area contributed by atoms with Crippen LogP contribution in [0.4, 0.5) is 22.1 Å². The van der Waals surface area contributed by atoms with Crippen molar-refractivity contribution in [2.75, 3.05) is 48.9 Å². The first kappa shape index (κ1) is 27.0. The highest BCUT2D eigenvalue weighted by molar-refractivity contribution is 6.01. The molecule has 200 valence electrons. The van der Waals surface area contributed by atoms with E-state index in [9.17, 15) is 19.6 Å². The lowest BCUT2D eigenvalue weighted by Crippen LogP contribution is -2.40. The third-order valence-electron chi connectivity index (χ3n) is 6.43. The van der Waals surface area contributed by atoms with Crippen LogP contribution >= 0.6 is 0 Å². The monoisotopic (exact) mass is 521 g/mol. The summed E-state index contributed by atoms with van der Waals surface area (Å²) in [5.74, 6) is 0.526. The largest absolute Gasteiger partial charge is 0.383 e. The fourth-order valence-electron chi connectivity index (χ4n) is 4.50. The number of nitriles is 1. The molecule has 3 amide bonds. The number of urea groups is 1. The second-order valence-corrected chi connectivity index (χ2v) is 9.08. The summed E-state index contributed by atoms with van der Waals surface area (Å²) < 4.78 is 10.5. The first-order valence-electron chi connectivity index (χ1n) is 12.6. The summed E-state index contributed by atoms with van der Waals surface area (Å²) in [4.78, 5) is 47.5. The molecule has 4 heterocycles. The van der Waals surface area contributed by atoms with Crippen molar-refractivity contribution in [3.05, 3.63) is 40.7 Å². The summed E-state index contributed by atoms with van der Waals surface area (Å²) in [5, 5.41) is 18.0. The molecule has 3 N–H and O–H groups in total. The van der Waals surface area contributed by atoms with E-state index in [1.807, 2.05) is 6.07 Å². The van der Waals surface area contributed by atoms with E-state index in [0.29, 0.717) is 68.1 Å². The average molecular weight is 522 g/mol. The molecule has 12 heteroatoms. The van der Waals surface area contributed by atoms with Crippen LogP contribution in [-0.2, 0) is 27.2 Å². The summed E-state index contributed by atoms with van der Waals surface area (Å²) in [5.41, 5.74) is 2.45. The van der Waals surface area contributed by atoms with Gasteiger partial charge in [0.05, 0.1) is 30.4 Å². The molecule has 0 bridgehead atoms. The molecule has 0 saturated carbocycles. The SMILES string of the molecule is COCCNc1cc(NC(=O)N2CCCc3cc(CNC(=O)C[C@H]4CCCO4)c(C=O)nc32)ncc1C#N. The van der Waals surface area contributed by atoms with Gasteiger partial charge < -0.3 is 20.1 Å². The summed E-state index contributed by atoms with van der Waals surface area (Å²) >= 11 is 0. The molecule has 2 aromatic rings. The first-order valence-corrected chi connectivity index (χ1v) is 12.6. The van der Waals surface area contributed by atoms with Gasteiger partial charge in [0.15, 0.2) is 6.29 Å². The Kier molecular flexibility index (Phi) is 9.18. The number of rotatable bonds is 10. The second kappa shape index (κ2) is 12.9.